The lowest BCUT2D eigenvalue weighted by Gasteiger charge is -2.22. The zero-order valence-electron chi connectivity index (χ0n) is 9.29. The summed E-state index contributed by atoms with van der Waals surface area (Å²) in [7, 11) is 1.66. The van der Waals surface area contributed by atoms with E-state index in [-0.39, 0.29) is 23.1 Å². The van der Waals surface area contributed by atoms with E-state index in [0.29, 0.717) is 0 Å². The standard InChI is InChI=1S/C10H17NO3/c1-6(2)11(5)9(12)7(3)8(4)10(13)14/h6H,1-5H3,(H,13,14). The Morgan fingerprint density at radius 2 is 1.57 bits per heavy atom. The van der Waals surface area contributed by atoms with Crippen LogP contribution < -0.4 is 0 Å². The average molecular weight is 199 g/mol. The molecule has 0 aromatic heterocycles. The van der Waals surface area contributed by atoms with Gasteiger partial charge in [0.25, 0.3) is 0 Å². The van der Waals surface area contributed by atoms with Crippen LogP contribution in [0.3, 0.4) is 0 Å². The molecular weight excluding hydrogens is 182 g/mol. The van der Waals surface area contributed by atoms with Crippen LogP contribution in [0.4, 0.5) is 0 Å². The average Bonchev–Trinajstić information content (AvgIpc) is 2.12. The summed E-state index contributed by atoms with van der Waals surface area (Å²) in [6, 6.07) is 0.0686. The normalized spacial score (nSPS) is 12.4. The predicted octanol–water partition coefficient (Wildman–Crippen LogP) is 1.27. The highest BCUT2D eigenvalue weighted by Crippen LogP contribution is 2.08. The number of carbonyl (C=O) groups excluding carboxylic acids is 1. The van der Waals surface area contributed by atoms with Gasteiger partial charge in [0.2, 0.25) is 5.91 Å². The molecule has 80 valence electrons. The molecule has 0 fully saturated rings. The van der Waals surface area contributed by atoms with E-state index in [4.69, 9.17) is 5.11 Å². The monoisotopic (exact) mass is 199 g/mol. The molecule has 0 saturated carbocycles. The Morgan fingerprint density at radius 3 is 1.86 bits per heavy atom. The van der Waals surface area contributed by atoms with Gasteiger partial charge in [-0.3, -0.25) is 4.79 Å². The molecule has 0 aliphatic heterocycles. The number of aliphatic carboxylic acids is 1. The third kappa shape index (κ3) is 2.87. The quantitative estimate of drug-likeness (QED) is 0.696. The Labute approximate surface area is 84.2 Å². The van der Waals surface area contributed by atoms with Crippen LogP contribution in [0.2, 0.25) is 0 Å². The van der Waals surface area contributed by atoms with Gasteiger partial charge in [0.15, 0.2) is 0 Å². The second kappa shape index (κ2) is 4.79. The van der Waals surface area contributed by atoms with Crippen LogP contribution in [0.25, 0.3) is 0 Å². The minimum absolute atomic E-state index is 0.0686. The molecule has 4 nitrogen and oxygen atoms in total. The van der Waals surface area contributed by atoms with E-state index in [9.17, 15) is 9.59 Å². The zero-order valence-corrected chi connectivity index (χ0v) is 9.29. The Kier molecular flexibility index (Phi) is 4.34. The topological polar surface area (TPSA) is 57.6 Å². The van der Waals surface area contributed by atoms with E-state index in [0.717, 1.165) is 0 Å². The molecule has 0 saturated heterocycles. The van der Waals surface area contributed by atoms with Crippen molar-refractivity contribution in [3.63, 3.8) is 0 Å². The van der Waals surface area contributed by atoms with Crippen molar-refractivity contribution in [1.82, 2.24) is 4.90 Å². The lowest BCUT2D eigenvalue weighted by atomic mass is 10.1. The highest BCUT2D eigenvalue weighted by atomic mass is 16.4. The summed E-state index contributed by atoms with van der Waals surface area (Å²) < 4.78 is 0. The van der Waals surface area contributed by atoms with E-state index in [1.807, 2.05) is 13.8 Å². The lowest BCUT2D eigenvalue weighted by Crippen LogP contribution is -2.34. The van der Waals surface area contributed by atoms with Crippen molar-refractivity contribution in [3.8, 4) is 0 Å². The summed E-state index contributed by atoms with van der Waals surface area (Å²) in [6.45, 7) is 6.72. The van der Waals surface area contributed by atoms with Crippen LogP contribution >= 0.6 is 0 Å². The third-order valence-corrected chi connectivity index (χ3v) is 2.30. The number of hydrogen-bond donors (Lipinski definition) is 1. The van der Waals surface area contributed by atoms with Crippen LogP contribution in [0, 0.1) is 0 Å². The lowest BCUT2D eigenvalue weighted by molar-refractivity contribution is -0.134. The van der Waals surface area contributed by atoms with Gasteiger partial charge in [-0.1, -0.05) is 0 Å². The molecule has 0 heterocycles. The molecule has 0 unspecified atom stereocenters. The Morgan fingerprint density at radius 1 is 1.14 bits per heavy atom. The Bertz CT molecular complexity index is 279. The smallest absolute Gasteiger partial charge is 0.331 e. The minimum atomic E-state index is -1.05. The maximum Gasteiger partial charge on any atom is 0.331 e. The summed E-state index contributed by atoms with van der Waals surface area (Å²) in [4.78, 5) is 23.8. The van der Waals surface area contributed by atoms with E-state index in [1.165, 1.54) is 18.7 Å². The number of carboxylic acids is 1. The number of rotatable bonds is 3. The Balaban J connectivity index is 4.88. The second-order valence-electron chi connectivity index (χ2n) is 3.56. The van der Waals surface area contributed by atoms with Crippen molar-refractivity contribution < 1.29 is 14.7 Å². The molecule has 0 aromatic rings. The SMILES string of the molecule is CC(C(=O)O)=C(C)C(=O)N(C)C(C)C. The number of amides is 1. The van der Waals surface area contributed by atoms with Crippen molar-refractivity contribution >= 4 is 11.9 Å². The van der Waals surface area contributed by atoms with Crippen molar-refractivity contribution in [3.05, 3.63) is 11.1 Å². The first-order valence-electron chi connectivity index (χ1n) is 4.47. The molecule has 4 heteroatoms. The van der Waals surface area contributed by atoms with Gasteiger partial charge in [-0.15, -0.1) is 0 Å². The summed E-state index contributed by atoms with van der Waals surface area (Å²) in [5.41, 5.74) is 0.385. The van der Waals surface area contributed by atoms with Crippen molar-refractivity contribution in [2.45, 2.75) is 33.7 Å². The highest BCUT2D eigenvalue weighted by molar-refractivity contribution is 6.01. The van der Waals surface area contributed by atoms with Gasteiger partial charge in [-0.25, -0.2) is 4.79 Å². The maximum absolute atomic E-state index is 11.6. The van der Waals surface area contributed by atoms with Gasteiger partial charge < -0.3 is 10.0 Å². The molecule has 0 rings (SSSR count). The van der Waals surface area contributed by atoms with E-state index in [1.54, 1.807) is 7.05 Å². The van der Waals surface area contributed by atoms with Crippen LogP contribution in [0.15, 0.2) is 11.1 Å². The fourth-order valence-electron chi connectivity index (χ4n) is 0.820. The molecule has 14 heavy (non-hydrogen) atoms. The summed E-state index contributed by atoms with van der Waals surface area (Å²) in [5.74, 6) is -1.28. The van der Waals surface area contributed by atoms with Crippen molar-refractivity contribution in [2.75, 3.05) is 7.05 Å². The minimum Gasteiger partial charge on any atom is -0.478 e. The molecule has 1 amide bonds. The van der Waals surface area contributed by atoms with Gasteiger partial charge in [0, 0.05) is 24.2 Å². The largest absolute Gasteiger partial charge is 0.478 e. The van der Waals surface area contributed by atoms with Gasteiger partial charge in [-0.05, 0) is 27.7 Å². The van der Waals surface area contributed by atoms with Gasteiger partial charge in [0.1, 0.15) is 0 Å². The number of nitrogens with zero attached hydrogens (tertiary/aromatic N) is 1. The maximum atomic E-state index is 11.6. The van der Waals surface area contributed by atoms with Crippen molar-refractivity contribution in [2.24, 2.45) is 0 Å². The first-order chi connectivity index (χ1) is 6.29. The first-order valence-corrected chi connectivity index (χ1v) is 4.47. The molecule has 0 bridgehead atoms. The molecule has 0 spiro atoms. The van der Waals surface area contributed by atoms with Gasteiger partial charge in [-0.2, -0.15) is 0 Å². The fourth-order valence-corrected chi connectivity index (χ4v) is 0.820. The Hall–Kier alpha value is -1.32. The van der Waals surface area contributed by atoms with Crippen LogP contribution in [0.1, 0.15) is 27.7 Å². The van der Waals surface area contributed by atoms with Crippen LogP contribution in [0.5, 0.6) is 0 Å². The second-order valence-corrected chi connectivity index (χ2v) is 3.56. The van der Waals surface area contributed by atoms with Crippen LogP contribution in [-0.2, 0) is 9.59 Å². The molecule has 0 aliphatic carbocycles. The molecule has 0 atom stereocenters. The molecule has 0 radical (unpaired) electrons. The van der Waals surface area contributed by atoms with Gasteiger partial charge in [0.05, 0.1) is 0 Å². The number of likely N-dealkylation sites (N-methyl/N-ethyl adjacent to an activating group) is 1. The summed E-state index contributed by atoms with van der Waals surface area (Å²) >= 11 is 0. The first kappa shape index (κ1) is 12.7. The van der Waals surface area contributed by atoms with E-state index in [2.05, 4.69) is 0 Å². The van der Waals surface area contributed by atoms with Gasteiger partial charge >= 0.3 is 5.97 Å². The zero-order chi connectivity index (χ0) is 11.5. The molecule has 0 aliphatic rings. The number of hydrogen-bond acceptors (Lipinski definition) is 2. The molecular formula is C10H17NO3. The highest BCUT2D eigenvalue weighted by Gasteiger charge is 2.17. The van der Waals surface area contributed by atoms with E-state index < -0.39 is 5.97 Å². The molecule has 0 aromatic carbocycles. The summed E-state index contributed by atoms with van der Waals surface area (Å²) in [6.07, 6.45) is 0. The fraction of sp³-hybridized carbons (Fsp3) is 0.600. The number of carboxylic acid groups (broad SMARTS) is 1. The molecule has 1 N–H and O–H groups in total. The predicted molar refractivity (Wildman–Crippen MR) is 53.9 cm³/mol. The van der Waals surface area contributed by atoms with Crippen molar-refractivity contribution in [1.29, 1.82) is 0 Å². The third-order valence-electron chi connectivity index (χ3n) is 2.30. The number of carbonyl (C=O) groups is 2. The van der Waals surface area contributed by atoms with Crippen LogP contribution in [-0.4, -0.2) is 35.0 Å². The summed E-state index contributed by atoms with van der Waals surface area (Å²) in [5, 5.41) is 8.69. The van der Waals surface area contributed by atoms with E-state index >= 15 is 0 Å².